The summed E-state index contributed by atoms with van der Waals surface area (Å²) in [5.74, 6) is 1.64. The van der Waals surface area contributed by atoms with Crippen LogP contribution in [0.1, 0.15) is 44.5 Å². The van der Waals surface area contributed by atoms with Crippen LogP contribution in [-0.4, -0.2) is 33.3 Å². The molecule has 3 N–H and O–H groups in total. The van der Waals surface area contributed by atoms with Gasteiger partial charge >= 0.3 is 6.03 Å². The lowest BCUT2D eigenvalue weighted by Crippen LogP contribution is -2.21. The summed E-state index contributed by atoms with van der Waals surface area (Å²) in [5, 5.41) is 15.3. The molecule has 0 saturated heterocycles. The number of pyridine rings is 1. The van der Waals surface area contributed by atoms with Gasteiger partial charge in [0.25, 0.3) is 0 Å². The van der Waals surface area contributed by atoms with Gasteiger partial charge in [0, 0.05) is 41.8 Å². The van der Waals surface area contributed by atoms with Crippen LogP contribution in [0.15, 0.2) is 85.1 Å². The van der Waals surface area contributed by atoms with Crippen molar-refractivity contribution >= 4 is 40.0 Å². The van der Waals surface area contributed by atoms with Crippen molar-refractivity contribution in [2.75, 3.05) is 22.6 Å². The van der Waals surface area contributed by atoms with E-state index in [1.807, 2.05) is 85.8 Å². The second kappa shape index (κ2) is 12.4. The van der Waals surface area contributed by atoms with Gasteiger partial charge in [-0.3, -0.25) is 10.1 Å². The Hall–Kier alpha value is -5.18. The van der Waals surface area contributed by atoms with Gasteiger partial charge in [-0.15, -0.1) is 0 Å². The zero-order valence-electron chi connectivity index (χ0n) is 25.1. The lowest BCUT2D eigenvalue weighted by molar-refractivity contribution is -0.114. The summed E-state index contributed by atoms with van der Waals surface area (Å²) >= 11 is 0. The summed E-state index contributed by atoms with van der Waals surface area (Å²) in [6, 6.07) is 24.8. The average molecular weight is 577 g/mol. The third-order valence-electron chi connectivity index (χ3n) is 6.91. The van der Waals surface area contributed by atoms with Gasteiger partial charge in [-0.1, -0.05) is 62.7 Å². The Kier molecular flexibility index (Phi) is 8.43. The molecule has 3 aromatic carbocycles. The lowest BCUT2D eigenvalue weighted by Gasteiger charge is -2.14. The SMILES string of the molecule is CC(=O)Nc1cc(CCOc2ccc(NC(=O)Nc3cc(C(C)(C)C)nn3-c3ccc(C)cc3)c3ccccc23)ccn1. The highest BCUT2D eigenvalue weighted by atomic mass is 16.5. The third kappa shape index (κ3) is 7.19. The summed E-state index contributed by atoms with van der Waals surface area (Å²) in [6.45, 7) is 10.2. The number of ether oxygens (including phenoxy) is 1. The molecular weight excluding hydrogens is 540 g/mol. The van der Waals surface area contributed by atoms with Crippen molar-refractivity contribution in [1.82, 2.24) is 14.8 Å². The number of carbonyl (C=O) groups excluding carboxylic acids is 2. The van der Waals surface area contributed by atoms with E-state index in [4.69, 9.17) is 9.84 Å². The summed E-state index contributed by atoms with van der Waals surface area (Å²) in [4.78, 5) is 28.8. The monoisotopic (exact) mass is 576 g/mol. The molecule has 2 heterocycles. The summed E-state index contributed by atoms with van der Waals surface area (Å²) < 4.78 is 7.92. The Morgan fingerprint density at radius 1 is 0.884 bits per heavy atom. The van der Waals surface area contributed by atoms with Crippen LogP contribution in [0.2, 0.25) is 0 Å². The molecule has 5 aromatic rings. The number of urea groups is 1. The smallest absolute Gasteiger partial charge is 0.324 e. The van der Waals surface area contributed by atoms with Gasteiger partial charge in [-0.05, 0) is 48.9 Å². The number of benzene rings is 3. The minimum atomic E-state index is -0.375. The first kappa shape index (κ1) is 29.3. The second-order valence-electron chi connectivity index (χ2n) is 11.5. The summed E-state index contributed by atoms with van der Waals surface area (Å²) in [6.07, 6.45) is 2.30. The fraction of sp³-hybridized carbons (Fsp3) is 0.235. The minimum absolute atomic E-state index is 0.165. The van der Waals surface area contributed by atoms with Gasteiger partial charge in [-0.25, -0.2) is 14.5 Å². The van der Waals surface area contributed by atoms with E-state index in [2.05, 4.69) is 41.7 Å². The van der Waals surface area contributed by atoms with Crippen molar-refractivity contribution in [1.29, 1.82) is 0 Å². The van der Waals surface area contributed by atoms with Crippen LogP contribution in [0.4, 0.5) is 22.1 Å². The van der Waals surface area contributed by atoms with Crippen LogP contribution in [-0.2, 0) is 16.6 Å². The number of nitrogens with zero attached hydrogens (tertiary/aromatic N) is 3. The molecule has 43 heavy (non-hydrogen) atoms. The quantitative estimate of drug-likeness (QED) is 0.180. The van der Waals surface area contributed by atoms with Crippen molar-refractivity contribution in [3.63, 3.8) is 0 Å². The van der Waals surface area contributed by atoms with E-state index in [-0.39, 0.29) is 17.4 Å². The Morgan fingerprint density at radius 2 is 1.63 bits per heavy atom. The minimum Gasteiger partial charge on any atom is -0.493 e. The van der Waals surface area contributed by atoms with Gasteiger partial charge < -0.3 is 15.4 Å². The molecular formula is C34H36N6O3. The maximum absolute atomic E-state index is 13.3. The van der Waals surface area contributed by atoms with Crippen LogP contribution in [0.5, 0.6) is 5.75 Å². The number of hydrogen-bond acceptors (Lipinski definition) is 5. The predicted molar refractivity (Wildman–Crippen MR) is 171 cm³/mol. The molecule has 2 aromatic heterocycles. The van der Waals surface area contributed by atoms with Crippen LogP contribution in [0.3, 0.4) is 0 Å². The largest absolute Gasteiger partial charge is 0.493 e. The average Bonchev–Trinajstić information content (AvgIpc) is 3.39. The highest BCUT2D eigenvalue weighted by Crippen LogP contribution is 2.32. The van der Waals surface area contributed by atoms with E-state index < -0.39 is 0 Å². The van der Waals surface area contributed by atoms with Crippen molar-refractivity contribution in [3.8, 4) is 11.4 Å². The Morgan fingerprint density at radius 3 is 2.35 bits per heavy atom. The van der Waals surface area contributed by atoms with Crippen LogP contribution in [0, 0.1) is 6.92 Å². The number of hydrogen-bond donors (Lipinski definition) is 3. The van der Waals surface area contributed by atoms with E-state index in [9.17, 15) is 9.59 Å². The fourth-order valence-electron chi connectivity index (χ4n) is 4.65. The third-order valence-corrected chi connectivity index (χ3v) is 6.91. The van der Waals surface area contributed by atoms with Crippen molar-refractivity contribution in [2.24, 2.45) is 0 Å². The first-order chi connectivity index (χ1) is 20.6. The van der Waals surface area contributed by atoms with E-state index in [1.54, 1.807) is 10.9 Å². The topological polar surface area (TPSA) is 110 Å². The first-order valence-corrected chi connectivity index (χ1v) is 14.2. The molecule has 9 heteroatoms. The molecule has 0 spiro atoms. The molecule has 0 unspecified atom stereocenters. The normalized spacial score (nSPS) is 11.3. The van der Waals surface area contributed by atoms with Gasteiger partial charge in [0.05, 0.1) is 23.7 Å². The summed E-state index contributed by atoms with van der Waals surface area (Å²) in [5.41, 5.74) is 4.34. The number of anilines is 3. The zero-order valence-corrected chi connectivity index (χ0v) is 25.1. The Labute approximate surface area is 251 Å². The number of carbonyl (C=O) groups is 2. The molecule has 0 aliphatic heterocycles. The molecule has 0 radical (unpaired) electrons. The molecule has 9 nitrogen and oxygen atoms in total. The predicted octanol–water partition coefficient (Wildman–Crippen LogP) is 7.25. The highest BCUT2D eigenvalue weighted by molar-refractivity contribution is 6.07. The molecule has 3 amide bonds. The van der Waals surface area contributed by atoms with E-state index in [0.717, 1.165) is 33.3 Å². The van der Waals surface area contributed by atoms with Crippen molar-refractivity contribution in [2.45, 2.75) is 46.5 Å². The number of fused-ring (bicyclic) bond motifs is 1. The standard InChI is InChI=1S/C34H36N6O3/c1-22-10-12-25(13-11-22)40-32(21-30(39-40)34(3,4)5)38-33(42)37-28-14-15-29(27-9-7-6-8-26(27)28)43-19-17-24-16-18-35-31(20-24)36-23(2)41/h6-16,18,20-21H,17,19H2,1-5H3,(H,35,36,41)(H2,37,38,42). The number of aromatic nitrogens is 3. The van der Waals surface area contributed by atoms with Gasteiger partial charge in [0.2, 0.25) is 5.91 Å². The number of aryl methyl sites for hydroxylation is 1. The second-order valence-corrected chi connectivity index (χ2v) is 11.5. The molecule has 0 atom stereocenters. The molecule has 0 fully saturated rings. The van der Waals surface area contributed by atoms with Gasteiger partial charge in [-0.2, -0.15) is 5.10 Å². The van der Waals surface area contributed by atoms with Crippen LogP contribution >= 0.6 is 0 Å². The zero-order chi connectivity index (χ0) is 30.6. The molecule has 5 rings (SSSR count). The molecule has 0 saturated carbocycles. The maximum Gasteiger partial charge on any atom is 0.324 e. The van der Waals surface area contributed by atoms with E-state index >= 15 is 0 Å². The molecule has 0 bridgehead atoms. The van der Waals surface area contributed by atoms with Crippen molar-refractivity contribution < 1.29 is 14.3 Å². The number of nitrogens with one attached hydrogen (secondary N) is 3. The van der Waals surface area contributed by atoms with Crippen LogP contribution in [0.25, 0.3) is 16.5 Å². The molecule has 0 aliphatic rings. The maximum atomic E-state index is 13.3. The van der Waals surface area contributed by atoms with Crippen molar-refractivity contribution in [3.05, 3.63) is 102 Å². The fourth-order valence-corrected chi connectivity index (χ4v) is 4.65. The van der Waals surface area contributed by atoms with E-state index in [0.29, 0.717) is 36.1 Å². The lowest BCUT2D eigenvalue weighted by atomic mass is 9.92. The van der Waals surface area contributed by atoms with E-state index in [1.165, 1.54) is 6.92 Å². The number of rotatable bonds is 8. The highest BCUT2D eigenvalue weighted by Gasteiger charge is 2.22. The molecule has 0 aliphatic carbocycles. The Balaban J connectivity index is 1.32. The first-order valence-electron chi connectivity index (χ1n) is 14.2. The van der Waals surface area contributed by atoms with Gasteiger partial charge in [0.1, 0.15) is 17.4 Å². The van der Waals surface area contributed by atoms with Gasteiger partial charge in [0.15, 0.2) is 0 Å². The molecule has 220 valence electrons. The summed E-state index contributed by atoms with van der Waals surface area (Å²) in [7, 11) is 0. The number of amides is 3. The van der Waals surface area contributed by atoms with Crippen LogP contribution < -0.4 is 20.7 Å². The Bertz CT molecular complexity index is 1770.